The normalized spacial score (nSPS) is 11.2. The first-order valence-corrected chi connectivity index (χ1v) is 7.39. The fraction of sp³-hybridized carbons (Fsp3) is 0.188. The molecule has 3 nitrogen and oxygen atoms in total. The maximum Gasteiger partial charge on any atom is 0.416 e. The van der Waals surface area contributed by atoms with E-state index in [0.29, 0.717) is 0 Å². The quantitative estimate of drug-likeness (QED) is 0.720. The van der Waals surface area contributed by atoms with E-state index in [2.05, 4.69) is 15.9 Å². The van der Waals surface area contributed by atoms with Gasteiger partial charge in [-0.25, -0.2) is 4.79 Å². The van der Waals surface area contributed by atoms with Gasteiger partial charge in [-0.1, -0.05) is 46.3 Å². The third kappa shape index (κ3) is 4.72. The van der Waals surface area contributed by atoms with Gasteiger partial charge in [0.2, 0.25) is 0 Å². The minimum Gasteiger partial charge on any atom is -0.444 e. The maximum absolute atomic E-state index is 12.8. The van der Waals surface area contributed by atoms with Crippen LogP contribution in [0.2, 0.25) is 0 Å². The molecule has 7 heteroatoms. The molecule has 0 spiro atoms. The highest BCUT2D eigenvalue weighted by Gasteiger charge is 2.31. The molecule has 2 aromatic carbocycles. The van der Waals surface area contributed by atoms with E-state index in [-0.39, 0.29) is 16.8 Å². The monoisotopic (exact) mass is 387 g/mol. The van der Waals surface area contributed by atoms with Gasteiger partial charge in [0.05, 0.1) is 5.56 Å². The van der Waals surface area contributed by atoms with Crippen LogP contribution in [0, 0.1) is 0 Å². The SMILES string of the molecule is CN(C(=O)OCc1ccccc1)c1cc(Br)cc(C(F)(F)F)c1. The molecule has 0 heterocycles. The van der Waals surface area contributed by atoms with E-state index in [4.69, 9.17) is 4.74 Å². The fourth-order valence-electron chi connectivity index (χ4n) is 1.85. The molecule has 2 aromatic rings. The van der Waals surface area contributed by atoms with E-state index in [9.17, 15) is 18.0 Å². The van der Waals surface area contributed by atoms with Crippen molar-refractivity contribution >= 4 is 27.7 Å². The number of benzene rings is 2. The number of nitrogens with zero attached hydrogens (tertiary/aromatic N) is 1. The van der Waals surface area contributed by atoms with Crippen molar-refractivity contribution in [1.82, 2.24) is 0 Å². The largest absolute Gasteiger partial charge is 0.444 e. The van der Waals surface area contributed by atoms with Gasteiger partial charge in [0.1, 0.15) is 6.61 Å². The van der Waals surface area contributed by atoms with Crippen molar-refractivity contribution in [3.8, 4) is 0 Å². The summed E-state index contributed by atoms with van der Waals surface area (Å²) in [6.45, 7) is 0.0458. The number of rotatable bonds is 3. The highest BCUT2D eigenvalue weighted by atomic mass is 79.9. The third-order valence-corrected chi connectivity index (χ3v) is 3.53. The average Bonchev–Trinajstić information content (AvgIpc) is 2.51. The Morgan fingerprint density at radius 2 is 1.83 bits per heavy atom. The van der Waals surface area contributed by atoms with Gasteiger partial charge in [0.25, 0.3) is 0 Å². The molecule has 2 rings (SSSR count). The Hall–Kier alpha value is -2.02. The standard InChI is InChI=1S/C16H13BrF3NO2/c1-21(15(22)23-10-11-5-3-2-4-6-11)14-8-12(16(18,19)20)7-13(17)9-14/h2-9H,10H2,1H3. The smallest absolute Gasteiger partial charge is 0.416 e. The Balaban J connectivity index is 2.11. The second-order valence-electron chi connectivity index (χ2n) is 4.80. The van der Waals surface area contributed by atoms with E-state index < -0.39 is 17.8 Å². The molecule has 0 unspecified atom stereocenters. The van der Waals surface area contributed by atoms with Gasteiger partial charge in [-0.2, -0.15) is 13.2 Å². The first-order valence-electron chi connectivity index (χ1n) is 6.59. The Morgan fingerprint density at radius 3 is 2.43 bits per heavy atom. The van der Waals surface area contributed by atoms with Gasteiger partial charge in [-0.05, 0) is 23.8 Å². The van der Waals surface area contributed by atoms with Crippen molar-refractivity contribution in [3.63, 3.8) is 0 Å². The van der Waals surface area contributed by atoms with Crippen LogP contribution in [0.4, 0.5) is 23.7 Å². The molecule has 0 fully saturated rings. The van der Waals surface area contributed by atoms with Crippen molar-refractivity contribution in [2.75, 3.05) is 11.9 Å². The molecule has 122 valence electrons. The lowest BCUT2D eigenvalue weighted by Gasteiger charge is -2.19. The number of hydrogen-bond acceptors (Lipinski definition) is 2. The highest BCUT2D eigenvalue weighted by molar-refractivity contribution is 9.10. The first-order chi connectivity index (χ1) is 10.8. The number of anilines is 1. The van der Waals surface area contributed by atoms with E-state index >= 15 is 0 Å². The molecule has 0 atom stereocenters. The zero-order chi connectivity index (χ0) is 17.0. The molecular formula is C16H13BrF3NO2. The number of halogens is 4. The van der Waals surface area contributed by atoms with Gasteiger partial charge in [-0.3, -0.25) is 4.90 Å². The summed E-state index contributed by atoms with van der Waals surface area (Å²) in [5, 5.41) is 0. The van der Waals surface area contributed by atoms with E-state index in [1.165, 1.54) is 13.1 Å². The summed E-state index contributed by atoms with van der Waals surface area (Å²) < 4.78 is 43.8. The van der Waals surface area contributed by atoms with E-state index in [1.54, 1.807) is 24.3 Å². The molecule has 0 bridgehead atoms. The van der Waals surface area contributed by atoms with E-state index in [0.717, 1.165) is 22.6 Å². The molecule has 0 radical (unpaired) electrons. The Morgan fingerprint density at radius 1 is 1.17 bits per heavy atom. The van der Waals surface area contributed by atoms with Crippen molar-refractivity contribution in [2.45, 2.75) is 12.8 Å². The molecule has 0 aromatic heterocycles. The maximum atomic E-state index is 12.8. The van der Waals surface area contributed by atoms with Gasteiger partial charge in [0.15, 0.2) is 0 Å². The lowest BCUT2D eigenvalue weighted by atomic mass is 10.2. The summed E-state index contributed by atoms with van der Waals surface area (Å²) >= 11 is 3.02. The summed E-state index contributed by atoms with van der Waals surface area (Å²) in [6.07, 6.45) is -5.23. The molecule has 23 heavy (non-hydrogen) atoms. The first kappa shape index (κ1) is 17.3. The number of carbonyl (C=O) groups is 1. The number of hydrogen-bond donors (Lipinski definition) is 0. The van der Waals surface area contributed by atoms with Crippen molar-refractivity contribution in [1.29, 1.82) is 0 Å². The lowest BCUT2D eigenvalue weighted by Crippen LogP contribution is -2.27. The molecule has 0 aliphatic rings. The highest BCUT2D eigenvalue weighted by Crippen LogP contribution is 2.34. The summed E-state index contributed by atoms with van der Waals surface area (Å²) in [7, 11) is 1.36. The van der Waals surface area contributed by atoms with Gasteiger partial charge in [0, 0.05) is 17.2 Å². The van der Waals surface area contributed by atoms with Gasteiger partial charge >= 0.3 is 12.3 Å². The minimum absolute atomic E-state index is 0.0458. The average molecular weight is 388 g/mol. The molecule has 0 saturated heterocycles. The fourth-order valence-corrected chi connectivity index (χ4v) is 2.33. The summed E-state index contributed by atoms with van der Waals surface area (Å²) in [6, 6.07) is 12.3. The molecule has 0 saturated carbocycles. The van der Waals surface area contributed by atoms with E-state index in [1.807, 2.05) is 6.07 Å². The molecule has 0 aliphatic heterocycles. The second kappa shape index (κ2) is 7.04. The van der Waals surface area contributed by atoms with Crippen LogP contribution in [0.3, 0.4) is 0 Å². The predicted molar refractivity (Wildman–Crippen MR) is 84.2 cm³/mol. The van der Waals surface area contributed by atoms with Crippen molar-refractivity contribution in [2.24, 2.45) is 0 Å². The van der Waals surface area contributed by atoms with Crippen LogP contribution in [-0.2, 0) is 17.5 Å². The molecule has 0 N–H and O–H groups in total. The lowest BCUT2D eigenvalue weighted by molar-refractivity contribution is -0.137. The second-order valence-corrected chi connectivity index (χ2v) is 5.71. The molecular weight excluding hydrogens is 375 g/mol. The topological polar surface area (TPSA) is 29.5 Å². The Kier molecular flexibility index (Phi) is 5.30. The van der Waals surface area contributed by atoms with Crippen molar-refractivity contribution in [3.05, 3.63) is 64.1 Å². The minimum atomic E-state index is -4.49. The molecule has 0 aliphatic carbocycles. The Labute approximate surface area is 139 Å². The number of alkyl halides is 3. The van der Waals surface area contributed by atoms with Crippen LogP contribution >= 0.6 is 15.9 Å². The summed E-state index contributed by atoms with van der Waals surface area (Å²) in [4.78, 5) is 13.0. The zero-order valence-corrected chi connectivity index (χ0v) is 13.7. The van der Waals surface area contributed by atoms with Crippen molar-refractivity contribution < 1.29 is 22.7 Å². The van der Waals surface area contributed by atoms with Crippen LogP contribution in [0.25, 0.3) is 0 Å². The zero-order valence-electron chi connectivity index (χ0n) is 12.1. The number of carbonyl (C=O) groups excluding carboxylic acids is 1. The van der Waals surface area contributed by atoms with Crippen LogP contribution in [0.1, 0.15) is 11.1 Å². The predicted octanol–water partition coefficient (Wildman–Crippen LogP) is 5.24. The molecule has 1 amide bonds. The van der Waals surface area contributed by atoms with Crippen LogP contribution < -0.4 is 4.90 Å². The number of amides is 1. The number of ether oxygens (including phenoxy) is 1. The summed E-state index contributed by atoms with van der Waals surface area (Å²) in [5.41, 5.74) is 0.0359. The van der Waals surface area contributed by atoms with Crippen LogP contribution in [0.5, 0.6) is 0 Å². The van der Waals surface area contributed by atoms with Gasteiger partial charge < -0.3 is 4.74 Å². The summed E-state index contributed by atoms with van der Waals surface area (Å²) in [5.74, 6) is 0. The Bertz CT molecular complexity index is 689. The van der Waals surface area contributed by atoms with Crippen LogP contribution in [-0.4, -0.2) is 13.1 Å². The third-order valence-electron chi connectivity index (χ3n) is 3.08. The van der Waals surface area contributed by atoms with Crippen LogP contribution in [0.15, 0.2) is 53.0 Å². The van der Waals surface area contributed by atoms with Gasteiger partial charge in [-0.15, -0.1) is 0 Å².